The third-order valence-corrected chi connectivity index (χ3v) is 3.72. The minimum absolute atomic E-state index is 0.213. The number of rotatable bonds is 4. The first-order chi connectivity index (χ1) is 9.66. The molecule has 2 rings (SSSR count). The van der Waals surface area contributed by atoms with Crippen LogP contribution in [0.5, 0.6) is 0 Å². The lowest BCUT2D eigenvalue weighted by molar-refractivity contribution is 0.0955. The van der Waals surface area contributed by atoms with E-state index in [4.69, 9.17) is 0 Å². The van der Waals surface area contributed by atoms with Gasteiger partial charge in [-0.1, -0.05) is 52.3 Å². The maximum atomic E-state index is 11.9. The normalized spacial score (nSPS) is 10.7. The van der Waals surface area contributed by atoms with Crippen molar-refractivity contribution < 1.29 is 4.79 Å². The minimum Gasteiger partial charge on any atom is -0.267 e. The van der Waals surface area contributed by atoms with Crippen molar-refractivity contribution in [1.29, 1.82) is 0 Å². The van der Waals surface area contributed by atoms with E-state index in [0.29, 0.717) is 12.0 Å². The molecule has 0 aliphatic rings. The number of carbonyl (C=O) groups excluding carboxylic acids is 1. The maximum Gasteiger partial charge on any atom is 0.271 e. The highest BCUT2D eigenvalue weighted by Gasteiger charge is 2.05. The van der Waals surface area contributed by atoms with E-state index < -0.39 is 0 Å². The number of aryl methyl sites for hydroxylation is 1. The predicted molar refractivity (Wildman–Crippen MR) is 85.0 cm³/mol. The summed E-state index contributed by atoms with van der Waals surface area (Å²) in [5.41, 5.74) is 5.36. The molecule has 0 atom stereocenters. The summed E-state index contributed by atoms with van der Waals surface area (Å²) in [5, 5.41) is 3.96. The molecule has 0 spiro atoms. The molecule has 0 bridgehead atoms. The van der Waals surface area contributed by atoms with Crippen LogP contribution in [0.2, 0.25) is 0 Å². The fraction of sp³-hybridized carbons (Fsp3) is 0.125. The van der Waals surface area contributed by atoms with E-state index in [1.165, 1.54) is 0 Å². The van der Waals surface area contributed by atoms with Crippen molar-refractivity contribution in [2.45, 2.75) is 13.3 Å². The third-order valence-electron chi connectivity index (χ3n) is 2.86. The molecule has 0 unspecified atom stereocenters. The van der Waals surface area contributed by atoms with Gasteiger partial charge >= 0.3 is 0 Å². The average Bonchev–Trinajstić information content (AvgIpc) is 2.47. The molecule has 0 saturated carbocycles. The van der Waals surface area contributed by atoms with Crippen LogP contribution >= 0.6 is 15.9 Å². The second-order valence-electron chi connectivity index (χ2n) is 4.41. The van der Waals surface area contributed by atoms with Crippen molar-refractivity contribution in [2.75, 3.05) is 0 Å². The number of carbonyl (C=O) groups is 1. The Bertz CT molecular complexity index is 624. The Morgan fingerprint density at radius 3 is 2.70 bits per heavy atom. The lowest BCUT2D eigenvalue weighted by atomic mass is 10.1. The van der Waals surface area contributed by atoms with Crippen LogP contribution in [-0.4, -0.2) is 12.1 Å². The number of hydrazone groups is 1. The van der Waals surface area contributed by atoms with E-state index in [1.54, 1.807) is 18.3 Å². The van der Waals surface area contributed by atoms with Gasteiger partial charge in [-0.3, -0.25) is 4.79 Å². The first kappa shape index (κ1) is 14.5. The van der Waals surface area contributed by atoms with Gasteiger partial charge in [0.2, 0.25) is 0 Å². The van der Waals surface area contributed by atoms with Gasteiger partial charge in [0, 0.05) is 22.7 Å². The molecule has 1 N–H and O–H groups in total. The maximum absolute atomic E-state index is 11.9. The van der Waals surface area contributed by atoms with Gasteiger partial charge in [0.1, 0.15) is 0 Å². The summed E-state index contributed by atoms with van der Waals surface area (Å²) in [6, 6.07) is 15.4. The van der Waals surface area contributed by atoms with E-state index in [2.05, 4.69) is 26.5 Å². The van der Waals surface area contributed by atoms with E-state index in [9.17, 15) is 4.79 Å². The lowest BCUT2D eigenvalue weighted by Crippen LogP contribution is -2.17. The number of benzene rings is 2. The van der Waals surface area contributed by atoms with Crippen LogP contribution in [0.1, 0.15) is 21.5 Å². The molecular formula is C16H15BrN2O. The topological polar surface area (TPSA) is 41.5 Å². The van der Waals surface area contributed by atoms with Crippen molar-refractivity contribution in [3.05, 3.63) is 69.7 Å². The molecule has 102 valence electrons. The van der Waals surface area contributed by atoms with E-state index in [-0.39, 0.29) is 5.91 Å². The average molecular weight is 331 g/mol. The zero-order chi connectivity index (χ0) is 14.4. The molecule has 2 aromatic carbocycles. The van der Waals surface area contributed by atoms with Crippen molar-refractivity contribution in [1.82, 2.24) is 5.43 Å². The van der Waals surface area contributed by atoms with E-state index >= 15 is 0 Å². The van der Waals surface area contributed by atoms with Crippen LogP contribution in [0.3, 0.4) is 0 Å². The molecule has 0 aliphatic carbocycles. The molecule has 3 nitrogen and oxygen atoms in total. The zero-order valence-corrected chi connectivity index (χ0v) is 12.7. The van der Waals surface area contributed by atoms with Crippen molar-refractivity contribution in [2.24, 2.45) is 5.10 Å². The van der Waals surface area contributed by atoms with Gasteiger partial charge in [0.15, 0.2) is 0 Å². The predicted octanol–water partition coefficient (Wildman–Crippen LogP) is 3.72. The number of nitrogens with one attached hydrogen (secondary N) is 1. The van der Waals surface area contributed by atoms with Crippen LogP contribution in [0.25, 0.3) is 0 Å². The summed E-state index contributed by atoms with van der Waals surface area (Å²) in [7, 11) is 0. The molecule has 2 aromatic rings. The summed E-state index contributed by atoms with van der Waals surface area (Å²) in [5.74, 6) is -0.213. The third kappa shape index (κ3) is 4.03. The van der Waals surface area contributed by atoms with Gasteiger partial charge in [-0.05, 0) is 30.2 Å². The SMILES string of the molecule is Cc1ccc(C(=O)NN=CCc2ccccc2)cc1Br. The fourth-order valence-corrected chi connectivity index (χ4v) is 2.05. The van der Waals surface area contributed by atoms with Crippen LogP contribution < -0.4 is 5.43 Å². The Kier molecular flexibility index (Phi) is 5.07. The molecule has 0 radical (unpaired) electrons. The largest absolute Gasteiger partial charge is 0.271 e. The highest BCUT2D eigenvalue weighted by molar-refractivity contribution is 9.10. The zero-order valence-electron chi connectivity index (χ0n) is 11.1. The second-order valence-corrected chi connectivity index (χ2v) is 5.26. The van der Waals surface area contributed by atoms with Crippen molar-refractivity contribution in [3.8, 4) is 0 Å². The van der Waals surface area contributed by atoms with Crippen LogP contribution in [-0.2, 0) is 6.42 Å². The Morgan fingerprint density at radius 1 is 1.25 bits per heavy atom. The summed E-state index contributed by atoms with van der Waals surface area (Å²) >= 11 is 3.41. The molecule has 0 fully saturated rings. The Morgan fingerprint density at radius 2 is 2.00 bits per heavy atom. The summed E-state index contributed by atoms with van der Waals surface area (Å²) in [6.07, 6.45) is 2.38. The molecule has 0 aliphatic heterocycles. The number of amides is 1. The van der Waals surface area contributed by atoms with E-state index in [1.807, 2.05) is 43.3 Å². The van der Waals surface area contributed by atoms with Gasteiger partial charge in [-0.2, -0.15) is 5.10 Å². The van der Waals surface area contributed by atoms with Gasteiger partial charge in [-0.25, -0.2) is 5.43 Å². The van der Waals surface area contributed by atoms with E-state index in [0.717, 1.165) is 15.6 Å². The molecule has 0 aromatic heterocycles. The molecular weight excluding hydrogens is 316 g/mol. The summed E-state index contributed by atoms with van der Waals surface area (Å²) in [4.78, 5) is 11.9. The molecule has 4 heteroatoms. The number of halogens is 1. The van der Waals surface area contributed by atoms with Gasteiger partial charge in [0.05, 0.1) is 0 Å². The minimum atomic E-state index is -0.213. The molecule has 20 heavy (non-hydrogen) atoms. The first-order valence-corrected chi connectivity index (χ1v) is 7.08. The monoisotopic (exact) mass is 330 g/mol. The van der Waals surface area contributed by atoms with Crippen LogP contribution in [0.15, 0.2) is 58.1 Å². The van der Waals surface area contributed by atoms with Gasteiger partial charge in [0.25, 0.3) is 5.91 Å². The quantitative estimate of drug-likeness (QED) is 0.673. The summed E-state index contributed by atoms with van der Waals surface area (Å²) < 4.78 is 0.915. The lowest BCUT2D eigenvalue weighted by Gasteiger charge is -2.02. The number of nitrogens with zero attached hydrogens (tertiary/aromatic N) is 1. The summed E-state index contributed by atoms with van der Waals surface area (Å²) in [6.45, 7) is 1.98. The standard InChI is InChI=1S/C16H15BrN2O/c1-12-7-8-14(11-15(12)17)16(20)19-18-10-9-13-5-3-2-4-6-13/h2-8,10-11H,9H2,1H3,(H,19,20). The Labute approximate surface area is 126 Å². The Hall–Kier alpha value is -1.94. The van der Waals surface area contributed by atoms with Crippen LogP contribution in [0, 0.1) is 6.92 Å². The van der Waals surface area contributed by atoms with Crippen LogP contribution in [0.4, 0.5) is 0 Å². The highest BCUT2D eigenvalue weighted by Crippen LogP contribution is 2.17. The molecule has 1 amide bonds. The molecule has 0 saturated heterocycles. The first-order valence-electron chi connectivity index (χ1n) is 6.29. The van der Waals surface area contributed by atoms with Gasteiger partial charge in [-0.15, -0.1) is 0 Å². The second kappa shape index (κ2) is 7.01. The number of hydrogen-bond acceptors (Lipinski definition) is 2. The van der Waals surface area contributed by atoms with Crippen molar-refractivity contribution in [3.63, 3.8) is 0 Å². The fourth-order valence-electron chi connectivity index (χ4n) is 1.67. The molecule has 0 heterocycles. The smallest absolute Gasteiger partial charge is 0.267 e. The van der Waals surface area contributed by atoms with Gasteiger partial charge < -0.3 is 0 Å². The Balaban J connectivity index is 1.90. The van der Waals surface area contributed by atoms with Crippen molar-refractivity contribution >= 4 is 28.1 Å². The number of hydrogen-bond donors (Lipinski definition) is 1. The highest BCUT2D eigenvalue weighted by atomic mass is 79.9.